The molecule has 0 aromatic carbocycles. The predicted octanol–water partition coefficient (Wildman–Crippen LogP) is 3.32. The molecule has 0 saturated heterocycles. The van der Waals surface area contributed by atoms with E-state index >= 15 is 0 Å². The Labute approximate surface area is 102 Å². The van der Waals surface area contributed by atoms with Crippen LogP contribution in [0.4, 0.5) is 0 Å². The summed E-state index contributed by atoms with van der Waals surface area (Å²) in [5, 5.41) is 0. The molecule has 3 heteroatoms. The Morgan fingerprint density at radius 3 is 2.71 bits per heavy atom. The van der Waals surface area contributed by atoms with E-state index in [0.717, 1.165) is 30.7 Å². The monoisotopic (exact) mass is 228 g/mol. The molecule has 0 radical (unpaired) electrons. The first-order chi connectivity index (χ1) is 8.40. The Balaban J connectivity index is 2.03. The molecule has 0 unspecified atom stereocenters. The standard InChI is InChI=1S/C14H16N2O/c1-2-3-10-17-14-8-7-12(11-16-14)13-6-4-5-9-15-13/h4-9,11H,2-3,10H2,1H3. The summed E-state index contributed by atoms with van der Waals surface area (Å²) >= 11 is 0. The van der Waals surface area contributed by atoms with Crippen LogP contribution < -0.4 is 4.74 Å². The van der Waals surface area contributed by atoms with Crippen molar-refractivity contribution in [3.8, 4) is 17.1 Å². The summed E-state index contributed by atoms with van der Waals surface area (Å²) in [5.74, 6) is 0.679. The maximum Gasteiger partial charge on any atom is 0.213 e. The lowest BCUT2D eigenvalue weighted by atomic mass is 10.2. The molecule has 17 heavy (non-hydrogen) atoms. The molecule has 0 saturated carbocycles. The van der Waals surface area contributed by atoms with E-state index in [1.807, 2.05) is 30.3 Å². The quantitative estimate of drug-likeness (QED) is 0.736. The maximum absolute atomic E-state index is 5.51. The van der Waals surface area contributed by atoms with Crippen LogP contribution in [0.5, 0.6) is 5.88 Å². The lowest BCUT2D eigenvalue weighted by Crippen LogP contribution is -1.98. The summed E-state index contributed by atoms with van der Waals surface area (Å²) < 4.78 is 5.51. The molecule has 0 bridgehead atoms. The van der Waals surface area contributed by atoms with Crippen LogP contribution in [0.1, 0.15) is 19.8 Å². The molecule has 88 valence electrons. The van der Waals surface area contributed by atoms with E-state index in [2.05, 4.69) is 16.9 Å². The van der Waals surface area contributed by atoms with Crippen molar-refractivity contribution < 1.29 is 4.74 Å². The van der Waals surface area contributed by atoms with E-state index in [0.29, 0.717) is 5.88 Å². The molecule has 2 aromatic heterocycles. The zero-order chi connectivity index (χ0) is 11.9. The number of rotatable bonds is 5. The normalized spacial score (nSPS) is 10.2. The average Bonchev–Trinajstić information content (AvgIpc) is 2.41. The van der Waals surface area contributed by atoms with Crippen LogP contribution in [-0.4, -0.2) is 16.6 Å². The fraction of sp³-hybridized carbons (Fsp3) is 0.286. The predicted molar refractivity (Wildman–Crippen MR) is 67.9 cm³/mol. The third-order valence-corrected chi connectivity index (χ3v) is 2.44. The average molecular weight is 228 g/mol. The maximum atomic E-state index is 5.51. The van der Waals surface area contributed by atoms with E-state index in [4.69, 9.17) is 4.74 Å². The Morgan fingerprint density at radius 2 is 2.06 bits per heavy atom. The highest BCUT2D eigenvalue weighted by Crippen LogP contribution is 2.17. The van der Waals surface area contributed by atoms with Crippen LogP contribution in [0.25, 0.3) is 11.3 Å². The third-order valence-electron chi connectivity index (χ3n) is 2.44. The molecule has 2 rings (SSSR count). The van der Waals surface area contributed by atoms with Gasteiger partial charge in [0.15, 0.2) is 0 Å². The van der Waals surface area contributed by atoms with Gasteiger partial charge in [-0.2, -0.15) is 0 Å². The van der Waals surface area contributed by atoms with Crippen LogP contribution >= 0.6 is 0 Å². The van der Waals surface area contributed by atoms with Crippen molar-refractivity contribution in [3.63, 3.8) is 0 Å². The number of unbranched alkanes of at least 4 members (excludes halogenated alkanes) is 1. The lowest BCUT2D eigenvalue weighted by molar-refractivity contribution is 0.298. The summed E-state index contributed by atoms with van der Waals surface area (Å²) in [4.78, 5) is 8.54. The molecule has 0 spiro atoms. The number of nitrogens with zero attached hydrogens (tertiary/aromatic N) is 2. The van der Waals surface area contributed by atoms with Gasteiger partial charge in [-0.25, -0.2) is 4.98 Å². The third kappa shape index (κ3) is 3.28. The van der Waals surface area contributed by atoms with Gasteiger partial charge >= 0.3 is 0 Å². The van der Waals surface area contributed by atoms with Crippen LogP contribution in [0, 0.1) is 0 Å². The van der Waals surface area contributed by atoms with Gasteiger partial charge in [-0.3, -0.25) is 4.98 Å². The molecular weight excluding hydrogens is 212 g/mol. The fourth-order valence-electron chi connectivity index (χ4n) is 1.47. The second-order valence-electron chi connectivity index (χ2n) is 3.80. The summed E-state index contributed by atoms with van der Waals surface area (Å²) in [7, 11) is 0. The highest BCUT2D eigenvalue weighted by Gasteiger charge is 2.00. The van der Waals surface area contributed by atoms with E-state index in [1.165, 1.54) is 0 Å². The van der Waals surface area contributed by atoms with Crippen molar-refractivity contribution in [3.05, 3.63) is 42.7 Å². The molecule has 0 amide bonds. The van der Waals surface area contributed by atoms with Gasteiger partial charge in [0.05, 0.1) is 12.3 Å². The minimum absolute atomic E-state index is 0.679. The molecule has 0 N–H and O–H groups in total. The molecule has 2 heterocycles. The minimum atomic E-state index is 0.679. The first-order valence-corrected chi connectivity index (χ1v) is 5.90. The van der Waals surface area contributed by atoms with Gasteiger partial charge in [-0.05, 0) is 24.6 Å². The van der Waals surface area contributed by atoms with E-state index < -0.39 is 0 Å². The van der Waals surface area contributed by atoms with Crippen LogP contribution in [0.2, 0.25) is 0 Å². The van der Waals surface area contributed by atoms with Crippen LogP contribution in [0.3, 0.4) is 0 Å². The second-order valence-corrected chi connectivity index (χ2v) is 3.80. The Kier molecular flexibility index (Phi) is 4.08. The highest BCUT2D eigenvalue weighted by atomic mass is 16.5. The second kappa shape index (κ2) is 5.99. The number of aromatic nitrogens is 2. The smallest absolute Gasteiger partial charge is 0.213 e. The molecular formula is C14H16N2O. The molecule has 2 aromatic rings. The first-order valence-electron chi connectivity index (χ1n) is 5.90. The van der Waals surface area contributed by atoms with Crippen molar-refractivity contribution in [2.45, 2.75) is 19.8 Å². The Morgan fingerprint density at radius 1 is 1.12 bits per heavy atom. The molecule has 0 aliphatic rings. The minimum Gasteiger partial charge on any atom is -0.478 e. The number of hydrogen-bond acceptors (Lipinski definition) is 3. The molecule has 3 nitrogen and oxygen atoms in total. The van der Waals surface area contributed by atoms with E-state index in [-0.39, 0.29) is 0 Å². The van der Waals surface area contributed by atoms with Crippen molar-refractivity contribution in [2.24, 2.45) is 0 Å². The Bertz CT molecular complexity index is 440. The summed E-state index contributed by atoms with van der Waals surface area (Å²) in [6.45, 7) is 2.87. The molecule has 0 fully saturated rings. The summed E-state index contributed by atoms with van der Waals surface area (Å²) in [6.07, 6.45) is 5.76. The van der Waals surface area contributed by atoms with Gasteiger partial charge in [-0.15, -0.1) is 0 Å². The van der Waals surface area contributed by atoms with Gasteiger partial charge in [0.2, 0.25) is 5.88 Å². The zero-order valence-electron chi connectivity index (χ0n) is 9.97. The Hall–Kier alpha value is -1.90. The van der Waals surface area contributed by atoms with Crippen LogP contribution in [0.15, 0.2) is 42.7 Å². The van der Waals surface area contributed by atoms with Crippen molar-refractivity contribution in [2.75, 3.05) is 6.61 Å². The van der Waals surface area contributed by atoms with Crippen LogP contribution in [-0.2, 0) is 0 Å². The van der Waals surface area contributed by atoms with Gasteiger partial charge in [0, 0.05) is 24.0 Å². The fourth-order valence-corrected chi connectivity index (χ4v) is 1.47. The number of pyridine rings is 2. The van der Waals surface area contributed by atoms with Gasteiger partial charge in [0.25, 0.3) is 0 Å². The highest BCUT2D eigenvalue weighted by molar-refractivity contribution is 5.57. The molecule has 0 aliphatic carbocycles. The summed E-state index contributed by atoms with van der Waals surface area (Å²) in [6, 6.07) is 9.71. The van der Waals surface area contributed by atoms with E-state index in [9.17, 15) is 0 Å². The van der Waals surface area contributed by atoms with Crippen molar-refractivity contribution in [1.29, 1.82) is 0 Å². The van der Waals surface area contributed by atoms with Gasteiger partial charge in [-0.1, -0.05) is 19.4 Å². The first kappa shape index (κ1) is 11.6. The molecule has 0 atom stereocenters. The van der Waals surface area contributed by atoms with Crippen molar-refractivity contribution in [1.82, 2.24) is 9.97 Å². The number of hydrogen-bond donors (Lipinski definition) is 0. The van der Waals surface area contributed by atoms with Crippen molar-refractivity contribution >= 4 is 0 Å². The largest absolute Gasteiger partial charge is 0.478 e. The van der Waals surface area contributed by atoms with Gasteiger partial charge < -0.3 is 4.74 Å². The van der Waals surface area contributed by atoms with Gasteiger partial charge in [0.1, 0.15) is 0 Å². The zero-order valence-corrected chi connectivity index (χ0v) is 9.97. The molecule has 0 aliphatic heterocycles. The summed E-state index contributed by atoms with van der Waals surface area (Å²) in [5.41, 5.74) is 1.94. The number of ether oxygens (including phenoxy) is 1. The van der Waals surface area contributed by atoms with E-state index in [1.54, 1.807) is 12.4 Å². The topological polar surface area (TPSA) is 35.0 Å². The lowest BCUT2D eigenvalue weighted by Gasteiger charge is -2.05. The SMILES string of the molecule is CCCCOc1ccc(-c2ccccn2)cn1.